The van der Waals surface area contributed by atoms with Crippen LogP contribution < -0.4 is 0 Å². The summed E-state index contributed by atoms with van der Waals surface area (Å²) >= 11 is 0. The van der Waals surface area contributed by atoms with E-state index in [1.54, 1.807) is 0 Å². The molecule has 0 aromatic rings. The average molecular weight is 186 g/mol. The summed E-state index contributed by atoms with van der Waals surface area (Å²) in [7, 11) is 0. The summed E-state index contributed by atoms with van der Waals surface area (Å²) in [6.45, 7) is 7.13. The van der Waals surface area contributed by atoms with Crippen molar-refractivity contribution in [3.63, 3.8) is 0 Å². The molecule has 0 N–H and O–H groups in total. The molecule has 0 radical (unpaired) electrons. The second-order valence-electron chi connectivity index (χ2n) is 4.04. The Hall–Kier alpha value is -0.0800. The highest BCUT2D eigenvalue weighted by Crippen LogP contribution is 2.24. The summed E-state index contributed by atoms with van der Waals surface area (Å²) in [5.41, 5.74) is 0. The zero-order valence-electron chi connectivity index (χ0n) is 9.08. The standard InChI is InChI=1S/C11H22O2/c1-4-12-10-5-7-11(8-6-10)13-9(2)3/h9-11H,4-8H2,1-3H3. The number of hydrogen-bond acceptors (Lipinski definition) is 2. The smallest absolute Gasteiger partial charge is 0.0580 e. The van der Waals surface area contributed by atoms with Gasteiger partial charge in [-0.15, -0.1) is 0 Å². The van der Waals surface area contributed by atoms with Gasteiger partial charge in [0, 0.05) is 6.61 Å². The molecule has 0 unspecified atom stereocenters. The molecule has 1 rings (SSSR count). The Labute approximate surface area is 81.6 Å². The Morgan fingerprint density at radius 1 is 1.08 bits per heavy atom. The van der Waals surface area contributed by atoms with Gasteiger partial charge in [-0.25, -0.2) is 0 Å². The van der Waals surface area contributed by atoms with Crippen molar-refractivity contribution in [1.29, 1.82) is 0 Å². The van der Waals surface area contributed by atoms with Crippen LogP contribution in [0.1, 0.15) is 46.5 Å². The summed E-state index contributed by atoms with van der Waals surface area (Å²) in [6.07, 6.45) is 6.03. The summed E-state index contributed by atoms with van der Waals surface area (Å²) in [5.74, 6) is 0. The first-order chi connectivity index (χ1) is 6.22. The van der Waals surface area contributed by atoms with Gasteiger partial charge >= 0.3 is 0 Å². The van der Waals surface area contributed by atoms with E-state index in [1.165, 1.54) is 25.7 Å². The van der Waals surface area contributed by atoms with Crippen molar-refractivity contribution in [3.05, 3.63) is 0 Å². The Kier molecular flexibility index (Phi) is 4.74. The molecule has 0 heterocycles. The van der Waals surface area contributed by atoms with E-state index >= 15 is 0 Å². The summed E-state index contributed by atoms with van der Waals surface area (Å²) in [6, 6.07) is 0. The second-order valence-corrected chi connectivity index (χ2v) is 4.04. The van der Waals surface area contributed by atoms with Crippen molar-refractivity contribution in [1.82, 2.24) is 0 Å². The van der Waals surface area contributed by atoms with E-state index in [0.717, 1.165) is 6.61 Å². The summed E-state index contributed by atoms with van der Waals surface area (Å²) < 4.78 is 11.3. The van der Waals surface area contributed by atoms with Gasteiger partial charge in [0.25, 0.3) is 0 Å². The van der Waals surface area contributed by atoms with Gasteiger partial charge in [0.1, 0.15) is 0 Å². The maximum absolute atomic E-state index is 5.76. The van der Waals surface area contributed by atoms with Gasteiger partial charge in [-0.05, 0) is 46.5 Å². The molecule has 13 heavy (non-hydrogen) atoms. The van der Waals surface area contributed by atoms with Crippen molar-refractivity contribution in [2.75, 3.05) is 6.61 Å². The molecule has 0 spiro atoms. The van der Waals surface area contributed by atoms with Gasteiger partial charge < -0.3 is 9.47 Å². The van der Waals surface area contributed by atoms with E-state index in [9.17, 15) is 0 Å². The van der Waals surface area contributed by atoms with Crippen molar-refractivity contribution in [2.45, 2.75) is 64.8 Å². The van der Waals surface area contributed by atoms with Crippen LogP contribution in [0, 0.1) is 0 Å². The molecule has 1 aliphatic carbocycles. The van der Waals surface area contributed by atoms with Crippen molar-refractivity contribution < 1.29 is 9.47 Å². The van der Waals surface area contributed by atoms with Crippen LogP contribution in [0.3, 0.4) is 0 Å². The highest BCUT2D eigenvalue weighted by atomic mass is 16.5. The largest absolute Gasteiger partial charge is 0.379 e. The van der Waals surface area contributed by atoms with Crippen LogP contribution >= 0.6 is 0 Å². The predicted octanol–water partition coefficient (Wildman–Crippen LogP) is 2.76. The number of ether oxygens (including phenoxy) is 2. The van der Waals surface area contributed by atoms with Crippen LogP contribution in [-0.2, 0) is 9.47 Å². The lowest BCUT2D eigenvalue weighted by molar-refractivity contribution is -0.0493. The maximum Gasteiger partial charge on any atom is 0.0580 e. The van der Waals surface area contributed by atoms with E-state index in [2.05, 4.69) is 20.8 Å². The van der Waals surface area contributed by atoms with E-state index in [-0.39, 0.29) is 0 Å². The van der Waals surface area contributed by atoms with Crippen LogP contribution in [-0.4, -0.2) is 24.9 Å². The van der Waals surface area contributed by atoms with Crippen LogP contribution in [0.4, 0.5) is 0 Å². The fourth-order valence-corrected chi connectivity index (χ4v) is 1.96. The minimum absolute atomic E-state index is 0.369. The van der Waals surface area contributed by atoms with Crippen LogP contribution in [0.5, 0.6) is 0 Å². The zero-order valence-corrected chi connectivity index (χ0v) is 9.08. The quantitative estimate of drug-likeness (QED) is 0.672. The van der Waals surface area contributed by atoms with Gasteiger partial charge in [0.15, 0.2) is 0 Å². The van der Waals surface area contributed by atoms with Crippen molar-refractivity contribution in [3.8, 4) is 0 Å². The maximum atomic E-state index is 5.76. The molecule has 78 valence electrons. The Morgan fingerprint density at radius 3 is 2.08 bits per heavy atom. The first-order valence-corrected chi connectivity index (χ1v) is 5.49. The molecule has 1 saturated carbocycles. The molecule has 0 aromatic carbocycles. The zero-order chi connectivity index (χ0) is 9.68. The van der Waals surface area contributed by atoms with E-state index in [0.29, 0.717) is 18.3 Å². The van der Waals surface area contributed by atoms with Gasteiger partial charge in [-0.3, -0.25) is 0 Å². The molecular weight excluding hydrogens is 164 g/mol. The number of rotatable bonds is 4. The van der Waals surface area contributed by atoms with Gasteiger partial charge in [0.05, 0.1) is 18.3 Å². The summed E-state index contributed by atoms with van der Waals surface area (Å²) in [4.78, 5) is 0. The van der Waals surface area contributed by atoms with Gasteiger partial charge in [0.2, 0.25) is 0 Å². The molecule has 2 heteroatoms. The first kappa shape index (κ1) is 11.0. The minimum Gasteiger partial charge on any atom is -0.379 e. The third-order valence-corrected chi connectivity index (χ3v) is 2.49. The molecule has 2 nitrogen and oxygen atoms in total. The molecule has 0 aromatic heterocycles. The van der Waals surface area contributed by atoms with E-state index in [1.807, 2.05) is 0 Å². The highest BCUT2D eigenvalue weighted by molar-refractivity contribution is 4.73. The molecule has 1 aliphatic rings. The fraction of sp³-hybridized carbons (Fsp3) is 1.00. The van der Waals surface area contributed by atoms with E-state index in [4.69, 9.17) is 9.47 Å². The number of hydrogen-bond donors (Lipinski definition) is 0. The molecule has 0 atom stereocenters. The molecular formula is C11H22O2. The first-order valence-electron chi connectivity index (χ1n) is 5.49. The SMILES string of the molecule is CCOC1CCC(OC(C)C)CC1. The lowest BCUT2D eigenvalue weighted by Gasteiger charge is -2.29. The second kappa shape index (κ2) is 5.61. The highest BCUT2D eigenvalue weighted by Gasteiger charge is 2.22. The monoisotopic (exact) mass is 186 g/mol. The van der Waals surface area contributed by atoms with Crippen molar-refractivity contribution >= 4 is 0 Å². The van der Waals surface area contributed by atoms with Crippen LogP contribution in [0.25, 0.3) is 0 Å². The lowest BCUT2D eigenvalue weighted by atomic mass is 9.95. The summed E-state index contributed by atoms with van der Waals surface area (Å²) in [5, 5.41) is 0. The van der Waals surface area contributed by atoms with E-state index < -0.39 is 0 Å². The third kappa shape index (κ3) is 4.10. The van der Waals surface area contributed by atoms with Crippen LogP contribution in [0.15, 0.2) is 0 Å². The minimum atomic E-state index is 0.369. The molecule has 0 aliphatic heterocycles. The Balaban J connectivity index is 2.15. The average Bonchev–Trinajstić information content (AvgIpc) is 2.08. The lowest BCUT2D eigenvalue weighted by Crippen LogP contribution is -2.28. The van der Waals surface area contributed by atoms with Crippen LogP contribution in [0.2, 0.25) is 0 Å². The predicted molar refractivity (Wildman–Crippen MR) is 53.9 cm³/mol. The molecule has 0 bridgehead atoms. The molecule has 0 amide bonds. The van der Waals surface area contributed by atoms with Gasteiger partial charge in [-0.2, -0.15) is 0 Å². The Bertz CT molecular complexity index is 126. The van der Waals surface area contributed by atoms with Gasteiger partial charge in [-0.1, -0.05) is 0 Å². The topological polar surface area (TPSA) is 18.5 Å². The normalized spacial score (nSPS) is 29.5. The van der Waals surface area contributed by atoms with Crippen molar-refractivity contribution in [2.24, 2.45) is 0 Å². The molecule has 0 saturated heterocycles. The Morgan fingerprint density at radius 2 is 1.62 bits per heavy atom. The third-order valence-electron chi connectivity index (χ3n) is 2.49. The fourth-order valence-electron chi connectivity index (χ4n) is 1.96. The molecule has 1 fully saturated rings.